The minimum Gasteiger partial charge on any atom is -0.387 e. The van der Waals surface area contributed by atoms with E-state index in [1.54, 1.807) is 0 Å². The monoisotopic (exact) mass is 343 g/mol. The molecule has 3 rings (SSSR count). The summed E-state index contributed by atoms with van der Waals surface area (Å²) < 4.78 is 0. The summed E-state index contributed by atoms with van der Waals surface area (Å²) in [5, 5.41) is 6.69. The van der Waals surface area contributed by atoms with E-state index in [2.05, 4.69) is 10.5 Å². The minimum atomic E-state index is -0.248. The Bertz CT molecular complexity index is 622. The molecular formula is C19H25N3O3. The average molecular weight is 343 g/mol. The zero-order valence-corrected chi connectivity index (χ0v) is 14.4. The number of carbonyl (C=O) groups is 2. The van der Waals surface area contributed by atoms with Crippen LogP contribution in [0, 0.1) is 0 Å². The molecule has 0 aromatic heterocycles. The molecule has 0 saturated carbocycles. The second kappa shape index (κ2) is 8.65. The molecule has 0 unspecified atom stereocenters. The van der Waals surface area contributed by atoms with Crippen LogP contribution >= 0.6 is 0 Å². The Hall–Kier alpha value is -2.37. The Morgan fingerprint density at radius 3 is 2.56 bits per heavy atom. The number of benzene rings is 1. The Balaban J connectivity index is 1.40. The van der Waals surface area contributed by atoms with Gasteiger partial charge in [0.1, 0.15) is 5.71 Å². The summed E-state index contributed by atoms with van der Waals surface area (Å²) in [5.74, 6) is -0.129. The van der Waals surface area contributed by atoms with Gasteiger partial charge < -0.3 is 15.1 Å². The lowest BCUT2D eigenvalue weighted by Gasteiger charge is -2.20. The molecule has 1 atom stereocenters. The van der Waals surface area contributed by atoms with E-state index in [0.717, 1.165) is 31.5 Å². The standard InChI is InChI=1S/C19H25N3O3/c23-18(22-12-6-1-2-7-13-22)10-11-20-19(24)16-14-17(25-21-16)15-8-4-3-5-9-15/h3-5,8-9,17H,1-2,6-7,10-14H2,(H,20,24)/t17-/m0/s1. The number of nitrogens with zero attached hydrogens (tertiary/aromatic N) is 2. The van der Waals surface area contributed by atoms with Gasteiger partial charge in [0.05, 0.1) is 0 Å². The highest BCUT2D eigenvalue weighted by molar-refractivity contribution is 6.39. The van der Waals surface area contributed by atoms with Crippen molar-refractivity contribution in [3.05, 3.63) is 35.9 Å². The van der Waals surface area contributed by atoms with Crippen LogP contribution in [0.25, 0.3) is 0 Å². The van der Waals surface area contributed by atoms with Crippen LogP contribution in [-0.2, 0) is 14.4 Å². The van der Waals surface area contributed by atoms with Crippen molar-refractivity contribution in [2.75, 3.05) is 19.6 Å². The lowest BCUT2D eigenvalue weighted by Crippen LogP contribution is -2.36. The van der Waals surface area contributed by atoms with Crippen molar-refractivity contribution < 1.29 is 14.4 Å². The zero-order chi connectivity index (χ0) is 17.5. The molecule has 1 saturated heterocycles. The predicted molar refractivity (Wildman–Crippen MR) is 95.0 cm³/mol. The predicted octanol–water partition coefficient (Wildman–Crippen LogP) is 2.41. The number of rotatable bonds is 5. The Morgan fingerprint density at radius 1 is 1.12 bits per heavy atom. The lowest BCUT2D eigenvalue weighted by molar-refractivity contribution is -0.131. The normalized spacial score (nSPS) is 20.4. The highest BCUT2D eigenvalue weighted by atomic mass is 16.6. The van der Waals surface area contributed by atoms with Crippen molar-refractivity contribution in [2.45, 2.75) is 44.6 Å². The minimum absolute atomic E-state index is 0.119. The molecule has 25 heavy (non-hydrogen) atoms. The van der Waals surface area contributed by atoms with Gasteiger partial charge in [-0.2, -0.15) is 0 Å². The summed E-state index contributed by atoms with van der Waals surface area (Å²) >= 11 is 0. The largest absolute Gasteiger partial charge is 0.387 e. The van der Waals surface area contributed by atoms with E-state index in [9.17, 15) is 9.59 Å². The van der Waals surface area contributed by atoms with E-state index in [-0.39, 0.29) is 17.9 Å². The topological polar surface area (TPSA) is 71.0 Å². The van der Waals surface area contributed by atoms with Gasteiger partial charge in [-0.1, -0.05) is 48.3 Å². The highest BCUT2D eigenvalue weighted by Crippen LogP contribution is 2.26. The van der Waals surface area contributed by atoms with Gasteiger partial charge in [0, 0.05) is 32.5 Å². The molecule has 6 heteroatoms. The summed E-state index contributed by atoms with van der Waals surface area (Å²) in [4.78, 5) is 31.7. The van der Waals surface area contributed by atoms with Crippen LogP contribution in [0.5, 0.6) is 0 Å². The molecule has 6 nitrogen and oxygen atoms in total. The van der Waals surface area contributed by atoms with Crippen molar-refractivity contribution in [1.29, 1.82) is 0 Å². The van der Waals surface area contributed by atoms with Crippen LogP contribution < -0.4 is 5.32 Å². The fraction of sp³-hybridized carbons (Fsp3) is 0.526. The Labute approximate surface area is 148 Å². The number of hydrogen-bond donors (Lipinski definition) is 1. The molecule has 2 aliphatic heterocycles. The summed E-state index contributed by atoms with van der Waals surface area (Å²) in [6.07, 6.45) is 5.13. The van der Waals surface area contributed by atoms with E-state index < -0.39 is 0 Å². The maximum Gasteiger partial charge on any atom is 0.269 e. The molecule has 2 heterocycles. The first kappa shape index (κ1) is 17.5. The second-order valence-corrected chi connectivity index (χ2v) is 6.55. The van der Waals surface area contributed by atoms with Crippen molar-refractivity contribution in [3.63, 3.8) is 0 Å². The number of amides is 2. The van der Waals surface area contributed by atoms with E-state index in [1.165, 1.54) is 12.8 Å². The quantitative estimate of drug-likeness (QED) is 0.892. The first-order valence-electron chi connectivity index (χ1n) is 9.07. The van der Waals surface area contributed by atoms with Crippen LogP contribution in [0.15, 0.2) is 35.5 Å². The van der Waals surface area contributed by atoms with Gasteiger partial charge in [0.2, 0.25) is 5.91 Å². The molecular weight excluding hydrogens is 318 g/mol. The second-order valence-electron chi connectivity index (χ2n) is 6.55. The number of carbonyl (C=O) groups excluding carboxylic acids is 2. The van der Waals surface area contributed by atoms with Gasteiger partial charge in [-0.25, -0.2) is 0 Å². The molecule has 1 fully saturated rings. The van der Waals surface area contributed by atoms with Crippen LogP contribution in [0.2, 0.25) is 0 Å². The molecule has 1 N–H and O–H groups in total. The molecule has 0 spiro atoms. The van der Waals surface area contributed by atoms with Crippen LogP contribution in [-0.4, -0.2) is 42.1 Å². The van der Waals surface area contributed by atoms with E-state index in [1.807, 2.05) is 35.2 Å². The summed E-state index contributed by atoms with van der Waals surface area (Å²) in [6, 6.07) is 9.73. The van der Waals surface area contributed by atoms with Gasteiger partial charge in [0.15, 0.2) is 6.10 Å². The van der Waals surface area contributed by atoms with Gasteiger partial charge >= 0.3 is 0 Å². The number of oxime groups is 1. The van der Waals surface area contributed by atoms with Gasteiger partial charge in [-0.15, -0.1) is 0 Å². The molecule has 2 aliphatic rings. The van der Waals surface area contributed by atoms with Crippen molar-refractivity contribution in [1.82, 2.24) is 10.2 Å². The Kier molecular flexibility index (Phi) is 6.04. The number of likely N-dealkylation sites (tertiary alicyclic amines) is 1. The first-order valence-corrected chi connectivity index (χ1v) is 9.07. The zero-order valence-electron chi connectivity index (χ0n) is 14.4. The lowest BCUT2D eigenvalue weighted by atomic mass is 10.0. The maximum atomic E-state index is 12.2. The first-order chi connectivity index (χ1) is 12.2. The van der Waals surface area contributed by atoms with Crippen LogP contribution in [0.3, 0.4) is 0 Å². The fourth-order valence-corrected chi connectivity index (χ4v) is 3.22. The Morgan fingerprint density at radius 2 is 1.84 bits per heavy atom. The maximum absolute atomic E-state index is 12.2. The third kappa shape index (κ3) is 4.81. The van der Waals surface area contributed by atoms with Crippen LogP contribution in [0.1, 0.15) is 50.2 Å². The fourth-order valence-electron chi connectivity index (χ4n) is 3.22. The smallest absolute Gasteiger partial charge is 0.269 e. The summed E-state index contributed by atoms with van der Waals surface area (Å²) in [5.41, 5.74) is 1.39. The number of nitrogens with one attached hydrogen (secondary N) is 1. The van der Waals surface area contributed by atoms with Crippen molar-refractivity contribution in [2.24, 2.45) is 5.16 Å². The molecule has 0 bridgehead atoms. The third-order valence-corrected chi connectivity index (χ3v) is 4.69. The third-order valence-electron chi connectivity index (χ3n) is 4.69. The molecule has 2 amide bonds. The van der Waals surface area contributed by atoms with Crippen molar-refractivity contribution >= 4 is 17.5 Å². The molecule has 1 aromatic rings. The van der Waals surface area contributed by atoms with Gasteiger partial charge in [-0.05, 0) is 18.4 Å². The average Bonchev–Trinajstić information content (AvgIpc) is 2.98. The summed E-state index contributed by atoms with van der Waals surface area (Å²) in [7, 11) is 0. The SMILES string of the molecule is O=C(NCCC(=O)N1CCCCCC1)C1=NO[C@H](c2ccccc2)C1. The summed E-state index contributed by atoms with van der Waals surface area (Å²) in [6.45, 7) is 2.02. The van der Waals surface area contributed by atoms with E-state index >= 15 is 0 Å². The molecule has 0 aliphatic carbocycles. The van der Waals surface area contributed by atoms with Crippen molar-refractivity contribution in [3.8, 4) is 0 Å². The molecule has 1 aromatic carbocycles. The van der Waals surface area contributed by atoms with Gasteiger partial charge in [0.25, 0.3) is 5.91 Å². The van der Waals surface area contributed by atoms with Gasteiger partial charge in [-0.3, -0.25) is 9.59 Å². The number of hydrogen-bond acceptors (Lipinski definition) is 4. The molecule has 0 radical (unpaired) electrons. The van der Waals surface area contributed by atoms with E-state index in [0.29, 0.717) is 25.1 Å². The molecule has 134 valence electrons. The van der Waals surface area contributed by atoms with E-state index in [4.69, 9.17) is 4.84 Å². The highest BCUT2D eigenvalue weighted by Gasteiger charge is 2.27. The van der Waals surface area contributed by atoms with Crippen LogP contribution in [0.4, 0.5) is 0 Å².